The Hall–Kier alpha value is -1.85. The quantitative estimate of drug-likeness (QED) is 0.608. The number of thiophene rings is 1. The van der Waals surface area contributed by atoms with Crippen LogP contribution in [0.1, 0.15) is 45.4 Å². The SMILES string of the molecule is CCc1cc(C#CC2(c3ccccc3)CC2)sc1C=O. The molecule has 0 N–H and O–H groups in total. The van der Waals surface area contributed by atoms with E-state index < -0.39 is 0 Å². The predicted molar refractivity (Wildman–Crippen MR) is 83.3 cm³/mol. The van der Waals surface area contributed by atoms with Crippen molar-refractivity contribution in [2.24, 2.45) is 0 Å². The van der Waals surface area contributed by atoms with Crippen molar-refractivity contribution in [2.45, 2.75) is 31.6 Å². The van der Waals surface area contributed by atoms with Gasteiger partial charge in [0.25, 0.3) is 0 Å². The van der Waals surface area contributed by atoms with Gasteiger partial charge in [-0.1, -0.05) is 49.1 Å². The Balaban J connectivity index is 1.89. The van der Waals surface area contributed by atoms with E-state index in [2.05, 4.69) is 49.1 Å². The van der Waals surface area contributed by atoms with Crippen molar-refractivity contribution in [3.8, 4) is 11.8 Å². The van der Waals surface area contributed by atoms with E-state index in [4.69, 9.17) is 0 Å². The van der Waals surface area contributed by atoms with Crippen molar-refractivity contribution in [1.82, 2.24) is 0 Å². The highest BCUT2D eigenvalue weighted by molar-refractivity contribution is 7.14. The Morgan fingerprint density at radius 2 is 2.05 bits per heavy atom. The van der Waals surface area contributed by atoms with Crippen LogP contribution in [0.2, 0.25) is 0 Å². The van der Waals surface area contributed by atoms with Crippen LogP contribution < -0.4 is 0 Å². The van der Waals surface area contributed by atoms with Crippen molar-refractivity contribution in [3.63, 3.8) is 0 Å². The largest absolute Gasteiger partial charge is 0.297 e. The van der Waals surface area contributed by atoms with Gasteiger partial charge in [0.05, 0.1) is 15.2 Å². The number of rotatable bonds is 3. The molecule has 1 saturated carbocycles. The van der Waals surface area contributed by atoms with Crippen LogP contribution in [0.3, 0.4) is 0 Å². The summed E-state index contributed by atoms with van der Waals surface area (Å²) in [6, 6.07) is 12.6. The van der Waals surface area contributed by atoms with E-state index in [0.29, 0.717) is 0 Å². The number of hydrogen-bond donors (Lipinski definition) is 0. The van der Waals surface area contributed by atoms with Crippen LogP contribution >= 0.6 is 11.3 Å². The van der Waals surface area contributed by atoms with Gasteiger partial charge in [-0.15, -0.1) is 11.3 Å². The fourth-order valence-corrected chi connectivity index (χ4v) is 3.35. The second kappa shape index (κ2) is 5.26. The first-order valence-electron chi connectivity index (χ1n) is 6.94. The fraction of sp³-hybridized carbons (Fsp3) is 0.278. The average molecular weight is 280 g/mol. The molecule has 20 heavy (non-hydrogen) atoms. The molecular formula is C18H16OS. The topological polar surface area (TPSA) is 17.1 Å². The van der Waals surface area contributed by atoms with Gasteiger partial charge in [-0.2, -0.15) is 0 Å². The second-order valence-corrected chi connectivity index (χ2v) is 6.25. The number of carbonyl (C=O) groups excluding carboxylic acids is 1. The van der Waals surface area contributed by atoms with Crippen LogP contribution in [0.4, 0.5) is 0 Å². The first kappa shape index (κ1) is 13.1. The Bertz CT molecular complexity index is 681. The van der Waals surface area contributed by atoms with Crippen LogP contribution in [0.5, 0.6) is 0 Å². The van der Waals surface area contributed by atoms with E-state index in [1.165, 1.54) is 16.9 Å². The minimum Gasteiger partial charge on any atom is -0.297 e. The molecule has 1 aliphatic rings. The third kappa shape index (κ3) is 2.42. The third-order valence-corrected chi connectivity index (χ3v) is 4.85. The Labute approximate surface area is 123 Å². The van der Waals surface area contributed by atoms with E-state index in [0.717, 1.165) is 40.9 Å². The van der Waals surface area contributed by atoms with Gasteiger partial charge in [0.15, 0.2) is 6.29 Å². The van der Waals surface area contributed by atoms with Gasteiger partial charge in [0.2, 0.25) is 0 Å². The molecule has 1 aliphatic carbocycles. The number of aryl methyl sites for hydroxylation is 1. The van der Waals surface area contributed by atoms with Gasteiger partial charge in [0.1, 0.15) is 0 Å². The lowest BCUT2D eigenvalue weighted by Gasteiger charge is -2.06. The number of carbonyl (C=O) groups is 1. The van der Waals surface area contributed by atoms with Crippen molar-refractivity contribution in [3.05, 3.63) is 57.3 Å². The minimum atomic E-state index is 0.0545. The zero-order valence-electron chi connectivity index (χ0n) is 11.5. The smallest absolute Gasteiger partial charge is 0.160 e. The van der Waals surface area contributed by atoms with Crippen LogP contribution in [0.25, 0.3) is 0 Å². The maximum absolute atomic E-state index is 11.0. The van der Waals surface area contributed by atoms with Gasteiger partial charge >= 0.3 is 0 Å². The first-order chi connectivity index (χ1) is 9.77. The standard InChI is InChI=1S/C18H16OS/c1-2-14-12-16(20-17(14)13-19)8-9-18(10-11-18)15-6-4-3-5-7-15/h3-7,12-13H,2,10-11H2,1H3. The van der Waals surface area contributed by atoms with E-state index in [9.17, 15) is 4.79 Å². The van der Waals surface area contributed by atoms with E-state index in [1.807, 2.05) is 6.07 Å². The highest BCUT2D eigenvalue weighted by Crippen LogP contribution is 2.47. The molecule has 1 nitrogen and oxygen atoms in total. The summed E-state index contributed by atoms with van der Waals surface area (Å²) in [5, 5.41) is 0. The molecule has 1 fully saturated rings. The summed E-state index contributed by atoms with van der Waals surface area (Å²) >= 11 is 1.51. The normalized spacial score (nSPS) is 15.2. The summed E-state index contributed by atoms with van der Waals surface area (Å²) in [5.74, 6) is 6.72. The lowest BCUT2D eigenvalue weighted by atomic mass is 9.97. The highest BCUT2D eigenvalue weighted by atomic mass is 32.1. The van der Waals surface area contributed by atoms with E-state index in [1.54, 1.807) is 0 Å². The van der Waals surface area contributed by atoms with Gasteiger partial charge in [-0.05, 0) is 36.5 Å². The first-order valence-corrected chi connectivity index (χ1v) is 7.75. The summed E-state index contributed by atoms with van der Waals surface area (Å²) in [6.45, 7) is 2.07. The Morgan fingerprint density at radius 1 is 1.30 bits per heavy atom. The van der Waals surface area contributed by atoms with Crippen LogP contribution in [-0.4, -0.2) is 6.29 Å². The van der Waals surface area contributed by atoms with Gasteiger partial charge in [0, 0.05) is 0 Å². The van der Waals surface area contributed by atoms with Crippen molar-refractivity contribution >= 4 is 17.6 Å². The van der Waals surface area contributed by atoms with Gasteiger partial charge in [-0.25, -0.2) is 0 Å². The molecule has 2 aromatic rings. The lowest BCUT2D eigenvalue weighted by Crippen LogP contribution is -2.01. The zero-order chi connectivity index (χ0) is 14.0. The molecule has 0 atom stereocenters. The molecule has 1 aromatic heterocycles. The molecule has 0 spiro atoms. The molecule has 0 radical (unpaired) electrons. The van der Waals surface area contributed by atoms with Crippen LogP contribution in [0, 0.1) is 11.8 Å². The number of aldehydes is 1. The molecule has 0 unspecified atom stereocenters. The summed E-state index contributed by atoms with van der Waals surface area (Å²) in [7, 11) is 0. The Morgan fingerprint density at radius 3 is 2.60 bits per heavy atom. The van der Waals surface area contributed by atoms with Crippen molar-refractivity contribution in [2.75, 3.05) is 0 Å². The second-order valence-electron chi connectivity index (χ2n) is 5.17. The Kier molecular flexibility index (Phi) is 3.46. The van der Waals surface area contributed by atoms with E-state index in [-0.39, 0.29) is 5.41 Å². The maximum Gasteiger partial charge on any atom is 0.160 e. The molecule has 0 saturated heterocycles. The summed E-state index contributed by atoms with van der Waals surface area (Å²) < 4.78 is 0. The lowest BCUT2D eigenvalue weighted by molar-refractivity contribution is 0.112. The molecule has 2 heteroatoms. The molecule has 0 aliphatic heterocycles. The van der Waals surface area contributed by atoms with Crippen LogP contribution in [-0.2, 0) is 11.8 Å². The van der Waals surface area contributed by atoms with Gasteiger partial charge in [-0.3, -0.25) is 4.79 Å². The van der Waals surface area contributed by atoms with E-state index >= 15 is 0 Å². The molecule has 0 amide bonds. The minimum absolute atomic E-state index is 0.0545. The molecule has 1 heterocycles. The van der Waals surface area contributed by atoms with Crippen LogP contribution in [0.15, 0.2) is 36.4 Å². The molecule has 0 bridgehead atoms. The molecule has 1 aromatic carbocycles. The maximum atomic E-state index is 11.0. The van der Waals surface area contributed by atoms with Crippen molar-refractivity contribution < 1.29 is 4.79 Å². The number of hydrogen-bond acceptors (Lipinski definition) is 2. The monoisotopic (exact) mass is 280 g/mol. The predicted octanol–water partition coefficient (Wildman–Crippen LogP) is 4.21. The van der Waals surface area contributed by atoms with Gasteiger partial charge < -0.3 is 0 Å². The number of benzene rings is 1. The summed E-state index contributed by atoms with van der Waals surface area (Å²) in [4.78, 5) is 12.8. The summed E-state index contributed by atoms with van der Waals surface area (Å²) in [6.07, 6.45) is 4.10. The molecule has 100 valence electrons. The zero-order valence-corrected chi connectivity index (χ0v) is 12.3. The van der Waals surface area contributed by atoms with Crippen molar-refractivity contribution in [1.29, 1.82) is 0 Å². The fourth-order valence-electron chi connectivity index (χ4n) is 2.43. The third-order valence-electron chi connectivity index (χ3n) is 3.83. The molecular weight excluding hydrogens is 264 g/mol. The average Bonchev–Trinajstić information content (AvgIpc) is 3.19. The summed E-state index contributed by atoms with van der Waals surface area (Å²) in [5.41, 5.74) is 2.48. The molecule has 3 rings (SSSR count). The highest BCUT2D eigenvalue weighted by Gasteiger charge is 2.42.